The highest BCUT2D eigenvalue weighted by Gasteiger charge is 2.52. The molecule has 0 amide bonds. The van der Waals surface area contributed by atoms with Crippen LogP contribution in [0.15, 0.2) is 42.7 Å². The third-order valence-electron chi connectivity index (χ3n) is 5.63. The van der Waals surface area contributed by atoms with Crippen LogP contribution in [-0.2, 0) is 15.9 Å². The summed E-state index contributed by atoms with van der Waals surface area (Å²) < 4.78 is 12.3. The van der Waals surface area contributed by atoms with Gasteiger partial charge in [-0.15, -0.1) is 0 Å². The molecular formula is C21H23BClN3O3. The Bertz CT molecular complexity index is 1060. The Morgan fingerprint density at radius 2 is 1.83 bits per heavy atom. The van der Waals surface area contributed by atoms with Gasteiger partial charge in [-0.3, -0.25) is 4.98 Å². The van der Waals surface area contributed by atoms with Crippen molar-refractivity contribution >= 4 is 46.6 Å². The summed E-state index contributed by atoms with van der Waals surface area (Å²) in [6.45, 7) is 7.98. The van der Waals surface area contributed by atoms with E-state index in [4.69, 9.17) is 20.9 Å². The monoisotopic (exact) mass is 411 g/mol. The first kappa shape index (κ1) is 20.1. The Balaban J connectivity index is 1.68. The van der Waals surface area contributed by atoms with Crippen LogP contribution in [0, 0.1) is 0 Å². The molecule has 0 radical (unpaired) electrons. The Kier molecular flexibility index (Phi) is 5.03. The lowest BCUT2D eigenvalue weighted by Gasteiger charge is -2.32. The molecule has 0 unspecified atom stereocenters. The van der Waals surface area contributed by atoms with Crippen molar-refractivity contribution in [1.82, 2.24) is 9.97 Å². The van der Waals surface area contributed by atoms with Crippen molar-refractivity contribution in [3.8, 4) is 0 Å². The first-order valence-electron chi connectivity index (χ1n) is 9.47. The lowest BCUT2D eigenvalue weighted by Crippen LogP contribution is -2.41. The molecule has 3 aromatic rings. The number of aromatic nitrogens is 2. The molecule has 0 bridgehead atoms. The molecule has 1 saturated heterocycles. The maximum Gasteiger partial charge on any atom is 0.496 e. The van der Waals surface area contributed by atoms with Crippen LogP contribution in [0.1, 0.15) is 33.3 Å². The molecule has 1 aliphatic heterocycles. The van der Waals surface area contributed by atoms with Crippen LogP contribution in [-0.4, -0.2) is 33.4 Å². The largest absolute Gasteiger partial charge is 0.496 e. The number of aliphatic hydroxyl groups is 1. The highest BCUT2D eigenvalue weighted by atomic mass is 35.5. The van der Waals surface area contributed by atoms with Crippen molar-refractivity contribution in [3.05, 3.63) is 53.3 Å². The predicted octanol–water partition coefficient (Wildman–Crippen LogP) is 3.82. The summed E-state index contributed by atoms with van der Waals surface area (Å²) in [4.78, 5) is 8.85. The molecule has 0 atom stereocenters. The van der Waals surface area contributed by atoms with Crippen LogP contribution in [0.4, 0.5) is 11.5 Å². The molecule has 3 heterocycles. The zero-order valence-electron chi connectivity index (χ0n) is 16.9. The Morgan fingerprint density at radius 1 is 1.10 bits per heavy atom. The van der Waals surface area contributed by atoms with Crippen LogP contribution in [0.2, 0.25) is 5.02 Å². The second kappa shape index (κ2) is 7.25. The van der Waals surface area contributed by atoms with Crippen LogP contribution in [0.3, 0.4) is 0 Å². The average Bonchev–Trinajstić information content (AvgIpc) is 2.90. The van der Waals surface area contributed by atoms with Gasteiger partial charge >= 0.3 is 7.12 Å². The van der Waals surface area contributed by atoms with Gasteiger partial charge in [0.1, 0.15) is 5.52 Å². The lowest BCUT2D eigenvalue weighted by molar-refractivity contribution is 0.00578. The van der Waals surface area contributed by atoms with Crippen molar-refractivity contribution in [2.24, 2.45) is 0 Å². The quantitative estimate of drug-likeness (QED) is 0.636. The summed E-state index contributed by atoms with van der Waals surface area (Å²) in [5, 5.41) is 14.0. The normalized spacial score (nSPS) is 17.7. The number of hydrogen-bond acceptors (Lipinski definition) is 6. The van der Waals surface area contributed by atoms with E-state index >= 15 is 0 Å². The number of nitrogens with one attached hydrogen (secondary N) is 1. The second-order valence-electron chi connectivity index (χ2n) is 8.15. The zero-order valence-corrected chi connectivity index (χ0v) is 17.6. The fourth-order valence-corrected chi connectivity index (χ4v) is 3.47. The van der Waals surface area contributed by atoms with Gasteiger partial charge in [-0.25, -0.2) is 4.98 Å². The molecule has 29 heavy (non-hydrogen) atoms. The van der Waals surface area contributed by atoms with Gasteiger partial charge in [0.05, 0.1) is 28.5 Å². The molecule has 6 nitrogen and oxygen atoms in total. The molecule has 8 heteroatoms. The van der Waals surface area contributed by atoms with Gasteiger partial charge in [0.25, 0.3) is 0 Å². The minimum absolute atomic E-state index is 0.0595. The van der Waals surface area contributed by atoms with Crippen LogP contribution >= 0.6 is 11.6 Å². The van der Waals surface area contributed by atoms with Gasteiger partial charge in [-0.1, -0.05) is 23.7 Å². The van der Waals surface area contributed by atoms with E-state index in [1.807, 2.05) is 58.0 Å². The molecule has 1 fully saturated rings. The maximum atomic E-state index is 9.33. The average molecular weight is 412 g/mol. The Hall–Kier alpha value is -2.19. The lowest BCUT2D eigenvalue weighted by atomic mass is 9.79. The van der Waals surface area contributed by atoms with E-state index in [-0.39, 0.29) is 6.61 Å². The summed E-state index contributed by atoms with van der Waals surface area (Å²) >= 11 is 6.72. The standard InChI is InChI=1S/C21H23BClN3O3/c1-20(2)21(3,4)29-22(28-20)15-6-5-7-16(17(15)23)26-19-18-14(8-9-24-19)10-13(12-27)11-25-18/h5-11,27H,12H2,1-4H3,(H,24,26). The zero-order chi connectivity index (χ0) is 20.8. The first-order valence-corrected chi connectivity index (χ1v) is 9.85. The fourth-order valence-electron chi connectivity index (χ4n) is 3.21. The van der Waals surface area contributed by atoms with Gasteiger partial charge < -0.3 is 19.7 Å². The maximum absolute atomic E-state index is 9.33. The number of nitrogens with zero attached hydrogens (tertiary/aromatic N) is 2. The second-order valence-corrected chi connectivity index (χ2v) is 8.53. The topological polar surface area (TPSA) is 76.5 Å². The highest BCUT2D eigenvalue weighted by molar-refractivity contribution is 6.66. The van der Waals surface area contributed by atoms with Crippen molar-refractivity contribution < 1.29 is 14.4 Å². The summed E-state index contributed by atoms with van der Waals surface area (Å²) in [6.07, 6.45) is 3.33. The Labute approximate surface area is 175 Å². The molecule has 0 spiro atoms. The molecular weight excluding hydrogens is 389 g/mol. The summed E-state index contributed by atoms with van der Waals surface area (Å²) in [5.74, 6) is 0.583. The third kappa shape index (κ3) is 3.60. The van der Waals surface area contributed by atoms with Crippen molar-refractivity contribution in [3.63, 3.8) is 0 Å². The van der Waals surface area contributed by atoms with E-state index in [1.54, 1.807) is 12.4 Å². The minimum Gasteiger partial charge on any atom is -0.399 e. The van der Waals surface area contributed by atoms with Crippen molar-refractivity contribution in [1.29, 1.82) is 0 Å². The molecule has 2 aromatic heterocycles. The van der Waals surface area contributed by atoms with E-state index in [0.717, 1.165) is 16.4 Å². The van der Waals surface area contributed by atoms with Gasteiger partial charge in [0.15, 0.2) is 5.82 Å². The number of halogens is 1. The molecule has 1 aliphatic rings. The van der Waals surface area contributed by atoms with Crippen molar-refractivity contribution in [2.45, 2.75) is 45.5 Å². The van der Waals surface area contributed by atoms with E-state index < -0.39 is 18.3 Å². The molecule has 0 aliphatic carbocycles. The van der Waals surface area contributed by atoms with Crippen LogP contribution in [0.5, 0.6) is 0 Å². The van der Waals surface area contributed by atoms with Gasteiger partial charge in [0.2, 0.25) is 0 Å². The van der Waals surface area contributed by atoms with Crippen molar-refractivity contribution in [2.75, 3.05) is 5.32 Å². The summed E-state index contributed by atoms with van der Waals surface area (Å²) in [6, 6.07) is 9.42. The summed E-state index contributed by atoms with van der Waals surface area (Å²) in [7, 11) is -0.556. The molecule has 1 aromatic carbocycles. The number of benzene rings is 1. The molecule has 150 valence electrons. The van der Waals surface area contributed by atoms with E-state index in [1.165, 1.54) is 0 Å². The van der Waals surface area contributed by atoms with E-state index in [2.05, 4.69) is 15.3 Å². The number of pyridine rings is 2. The summed E-state index contributed by atoms with van der Waals surface area (Å²) in [5.41, 5.74) is 1.99. The molecule has 4 rings (SSSR count). The van der Waals surface area contributed by atoms with E-state index in [9.17, 15) is 5.11 Å². The molecule has 0 saturated carbocycles. The SMILES string of the molecule is CC1(C)OB(c2cccc(Nc3nccc4cc(CO)cnc34)c2Cl)OC1(C)C. The van der Waals surface area contributed by atoms with Gasteiger partial charge in [0, 0.05) is 23.2 Å². The number of hydrogen-bond donors (Lipinski definition) is 2. The smallest absolute Gasteiger partial charge is 0.399 e. The van der Waals surface area contributed by atoms with Crippen LogP contribution < -0.4 is 10.8 Å². The third-order valence-corrected chi connectivity index (χ3v) is 6.05. The fraction of sp³-hybridized carbons (Fsp3) is 0.333. The first-order chi connectivity index (χ1) is 13.7. The van der Waals surface area contributed by atoms with Gasteiger partial charge in [-0.2, -0.15) is 0 Å². The predicted molar refractivity (Wildman–Crippen MR) is 116 cm³/mol. The van der Waals surface area contributed by atoms with E-state index in [0.29, 0.717) is 22.0 Å². The number of rotatable bonds is 4. The number of fused-ring (bicyclic) bond motifs is 1. The van der Waals surface area contributed by atoms with Crippen LogP contribution in [0.25, 0.3) is 10.9 Å². The van der Waals surface area contributed by atoms with Gasteiger partial charge in [-0.05, 0) is 51.5 Å². The Morgan fingerprint density at radius 3 is 2.52 bits per heavy atom. The number of aliphatic hydroxyl groups excluding tert-OH is 1. The highest BCUT2D eigenvalue weighted by Crippen LogP contribution is 2.38. The molecule has 2 N–H and O–H groups in total. The minimum atomic E-state index is -0.556. The number of anilines is 2.